The fourth-order valence-electron chi connectivity index (χ4n) is 2.99. The first-order chi connectivity index (χ1) is 10.1. The number of nitrogens with zero attached hydrogens (tertiary/aromatic N) is 1. The van der Waals surface area contributed by atoms with Crippen LogP contribution in [0.1, 0.15) is 49.4 Å². The first-order valence-corrected chi connectivity index (χ1v) is 7.69. The molecule has 0 unspecified atom stereocenters. The zero-order valence-corrected chi connectivity index (χ0v) is 12.9. The average molecular weight is 288 g/mol. The third-order valence-corrected chi connectivity index (χ3v) is 4.03. The van der Waals surface area contributed by atoms with Crippen molar-refractivity contribution in [2.24, 2.45) is 5.92 Å². The Labute approximate surface area is 126 Å². The van der Waals surface area contributed by atoms with Crippen LogP contribution in [0.5, 0.6) is 0 Å². The summed E-state index contributed by atoms with van der Waals surface area (Å²) >= 11 is 0. The number of anilines is 1. The van der Waals surface area contributed by atoms with Gasteiger partial charge in [0, 0.05) is 31.8 Å². The lowest BCUT2D eigenvalue weighted by molar-refractivity contribution is -0.114. The summed E-state index contributed by atoms with van der Waals surface area (Å²) in [5.74, 6) is 0.522. The Bertz CT molecular complexity index is 507. The van der Waals surface area contributed by atoms with Gasteiger partial charge in [0.1, 0.15) is 0 Å². The van der Waals surface area contributed by atoms with Gasteiger partial charge in [-0.1, -0.05) is 25.3 Å². The van der Waals surface area contributed by atoms with Crippen LogP contribution in [-0.4, -0.2) is 30.3 Å². The number of hydrogen-bond acceptors (Lipinski definition) is 2. The maximum atomic E-state index is 12.5. The van der Waals surface area contributed by atoms with Gasteiger partial charge in [0.05, 0.1) is 0 Å². The van der Waals surface area contributed by atoms with Crippen molar-refractivity contribution in [3.05, 3.63) is 29.8 Å². The Morgan fingerprint density at radius 2 is 1.95 bits per heavy atom. The van der Waals surface area contributed by atoms with Crippen LogP contribution in [0.15, 0.2) is 24.3 Å². The molecule has 1 aromatic rings. The summed E-state index contributed by atoms with van der Waals surface area (Å²) in [7, 11) is 1.86. The second-order valence-electron chi connectivity index (χ2n) is 5.95. The topological polar surface area (TPSA) is 49.4 Å². The van der Waals surface area contributed by atoms with Crippen LogP contribution in [0.3, 0.4) is 0 Å². The SMILES string of the molecule is CC(=O)Nc1cccc(C(=O)N(C)CC2CCCCC2)c1. The zero-order chi connectivity index (χ0) is 15.2. The molecule has 21 heavy (non-hydrogen) atoms. The van der Waals surface area contributed by atoms with Crippen molar-refractivity contribution in [2.75, 3.05) is 18.9 Å². The molecule has 0 spiro atoms. The highest BCUT2D eigenvalue weighted by Gasteiger charge is 2.19. The minimum Gasteiger partial charge on any atom is -0.341 e. The highest BCUT2D eigenvalue weighted by molar-refractivity contribution is 5.96. The molecule has 4 heteroatoms. The summed E-state index contributed by atoms with van der Waals surface area (Å²) in [5, 5.41) is 2.71. The molecular weight excluding hydrogens is 264 g/mol. The molecule has 0 heterocycles. The second-order valence-corrected chi connectivity index (χ2v) is 5.95. The van der Waals surface area contributed by atoms with E-state index in [4.69, 9.17) is 0 Å². The average Bonchev–Trinajstić information content (AvgIpc) is 2.47. The van der Waals surface area contributed by atoms with Crippen LogP contribution < -0.4 is 5.32 Å². The number of carbonyl (C=O) groups excluding carboxylic acids is 2. The molecule has 2 rings (SSSR count). The van der Waals surface area contributed by atoms with Crippen molar-refractivity contribution in [1.29, 1.82) is 0 Å². The predicted molar refractivity (Wildman–Crippen MR) is 84.3 cm³/mol. The zero-order valence-electron chi connectivity index (χ0n) is 12.9. The van der Waals surface area contributed by atoms with Crippen LogP contribution >= 0.6 is 0 Å². The number of hydrogen-bond donors (Lipinski definition) is 1. The van der Waals surface area contributed by atoms with E-state index in [0.717, 1.165) is 6.54 Å². The van der Waals surface area contributed by atoms with E-state index in [1.165, 1.54) is 39.0 Å². The van der Waals surface area contributed by atoms with Gasteiger partial charge < -0.3 is 10.2 Å². The molecule has 1 N–H and O–H groups in total. The predicted octanol–water partition coefficient (Wildman–Crippen LogP) is 3.30. The summed E-state index contributed by atoms with van der Waals surface area (Å²) in [6, 6.07) is 7.12. The maximum Gasteiger partial charge on any atom is 0.253 e. The van der Waals surface area contributed by atoms with Gasteiger partial charge in [0.25, 0.3) is 5.91 Å². The number of nitrogens with one attached hydrogen (secondary N) is 1. The van der Waals surface area contributed by atoms with Crippen molar-refractivity contribution in [1.82, 2.24) is 4.90 Å². The fraction of sp³-hybridized carbons (Fsp3) is 0.529. The quantitative estimate of drug-likeness (QED) is 0.924. The summed E-state index contributed by atoms with van der Waals surface area (Å²) in [4.78, 5) is 25.4. The highest BCUT2D eigenvalue weighted by atomic mass is 16.2. The molecule has 4 nitrogen and oxygen atoms in total. The Kier molecular flexibility index (Phi) is 5.37. The van der Waals surface area contributed by atoms with Crippen LogP contribution in [0.2, 0.25) is 0 Å². The minimum absolute atomic E-state index is 0.0211. The fourth-order valence-corrected chi connectivity index (χ4v) is 2.99. The monoisotopic (exact) mass is 288 g/mol. The molecule has 0 saturated heterocycles. The van der Waals surface area contributed by atoms with E-state index in [-0.39, 0.29) is 11.8 Å². The lowest BCUT2D eigenvalue weighted by Crippen LogP contribution is -2.32. The van der Waals surface area contributed by atoms with E-state index in [9.17, 15) is 9.59 Å². The third kappa shape index (κ3) is 4.59. The summed E-state index contributed by atoms with van der Waals surface area (Å²) in [6.07, 6.45) is 6.34. The summed E-state index contributed by atoms with van der Waals surface area (Å²) in [5.41, 5.74) is 1.29. The standard InChI is InChI=1S/C17H24N2O2/c1-13(20)18-16-10-6-9-15(11-16)17(21)19(2)12-14-7-4-3-5-8-14/h6,9-11,14H,3-5,7-8,12H2,1-2H3,(H,18,20). The molecule has 1 aliphatic carbocycles. The molecule has 1 aliphatic rings. The van der Waals surface area contributed by atoms with E-state index < -0.39 is 0 Å². The smallest absolute Gasteiger partial charge is 0.253 e. The molecule has 1 saturated carbocycles. The van der Waals surface area contributed by atoms with Gasteiger partial charge in [-0.3, -0.25) is 9.59 Å². The lowest BCUT2D eigenvalue weighted by atomic mass is 9.89. The second kappa shape index (κ2) is 7.25. The molecule has 2 amide bonds. The number of carbonyl (C=O) groups is 2. The Morgan fingerprint density at radius 1 is 1.24 bits per heavy atom. The number of benzene rings is 1. The molecule has 0 radical (unpaired) electrons. The van der Waals surface area contributed by atoms with Crippen LogP contribution in [0, 0.1) is 5.92 Å². The first kappa shape index (κ1) is 15.5. The van der Waals surface area contributed by atoms with Crippen molar-refractivity contribution in [3.8, 4) is 0 Å². The van der Waals surface area contributed by atoms with Gasteiger partial charge in [-0.25, -0.2) is 0 Å². The van der Waals surface area contributed by atoms with E-state index in [1.807, 2.05) is 11.9 Å². The van der Waals surface area contributed by atoms with Gasteiger partial charge in [0.2, 0.25) is 5.91 Å². The van der Waals surface area contributed by atoms with Crippen molar-refractivity contribution >= 4 is 17.5 Å². The van der Waals surface area contributed by atoms with Crippen LogP contribution in [0.4, 0.5) is 5.69 Å². The molecule has 0 atom stereocenters. The van der Waals surface area contributed by atoms with Crippen LogP contribution in [0.25, 0.3) is 0 Å². The van der Waals surface area contributed by atoms with E-state index >= 15 is 0 Å². The Hall–Kier alpha value is -1.84. The summed E-state index contributed by atoms with van der Waals surface area (Å²) in [6.45, 7) is 2.28. The minimum atomic E-state index is -0.129. The van der Waals surface area contributed by atoms with Gasteiger partial charge in [-0.2, -0.15) is 0 Å². The molecule has 114 valence electrons. The van der Waals surface area contributed by atoms with Gasteiger partial charge >= 0.3 is 0 Å². The molecule has 0 aliphatic heterocycles. The Balaban J connectivity index is 1.99. The van der Waals surface area contributed by atoms with E-state index in [0.29, 0.717) is 17.2 Å². The van der Waals surface area contributed by atoms with E-state index in [1.54, 1.807) is 24.3 Å². The largest absolute Gasteiger partial charge is 0.341 e. The third-order valence-electron chi connectivity index (χ3n) is 4.03. The van der Waals surface area contributed by atoms with Crippen molar-refractivity contribution in [2.45, 2.75) is 39.0 Å². The van der Waals surface area contributed by atoms with Crippen molar-refractivity contribution < 1.29 is 9.59 Å². The van der Waals surface area contributed by atoms with Gasteiger partial charge in [0.15, 0.2) is 0 Å². The molecule has 1 aromatic carbocycles. The van der Waals surface area contributed by atoms with Gasteiger partial charge in [-0.15, -0.1) is 0 Å². The molecule has 1 fully saturated rings. The normalized spacial score (nSPS) is 15.5. The van der Waals surface area contributed by atoms with E-state index in [2.05, 4.69) is 5.32 Å². The molecular formula is C17H24N2O2. The Morgan fingerprint density at radius 3 is 2.62 bits per heavy atom. The number of amides is 2. The highest BCUT2D eigenvalue weighted by Crippen LogP contribution is 2.24. The van der Waals surface area contributed by atoms with Crippen molar-refractivity contribution in [3.63, 3.8) is 0 Å². The lowest BCUT2D eigenvalue weighted by Gasteiger charge is -2.27. The summed E-state index contributed by atoms with van der Waals surface area (Å²) < 4.78 is 0. The first-order valence-electron chi connectivity index (χ1n) is 7.69. The maximum absolute atomic E-state index is 12.5. The molecule has 0 bridgehead atoms. The van der Waals surface area contributed by atoms with Gasteiger partial charge in [-0.05, 0) is 37.0 Å². The van der Waals surface area contributed by atoms with Crippen LogP contribution in [-0.2, 0) is 4.79 Å². The molecule has 0 aromatic heterocycles. The number of rotatable bonds is 4.